The first-order valence-corrected chi connectivity index (χ1v) is 9.93. The molecule has 26 heavy (non-hydrogen) atoms. The van der Waals surface area contributed by atoms with E-state index in [1.807, 2.05) is 6.92 Å². The van der Waals surface area contributed by atoms with Crippen LogP contribution in [0.25, 0.3) is 0 Å². The number of ether oxygens (including phenoxy) is 1. The van der Waals surface area contributed by atoms with E-state index in [4.69, 9.17) is 4.74 Å². The molecular formula is C17H22N4O4S. The van der Waals surface area contributed by atoms with Crippen molar-refractivity contribution < 1.29 is 17.9 Å². The first kappa shape index (κ1) is 18.4. The van der Waals surface area contributed by atoms with Gasteiger partial charge in [-0.3, -0.25) is 14.2 Å². The standard InChI is InChI=1S/C17H22N4O4S/c1-3-21-13(2)16(12-18-21)26(23,24)19-15-6-4-14(5-7-15)17(22)20-8-10-25-11-9-20/h4-7,12,19H,3,8-11H2,1-2H3. The summed E-state index contributed by atoms with van der Waals surface area (Å²) >= 11 is 0. The fourth-order valence-electron chi connectivity index (χ4n) is 2.85. The zero-order valence-electron chi connectivity index (χ0n) is 14.8. The fraction of sp³-hybridized carbons (Fsp3) is 0.412. The largest absolute Gasteiger partial charge is 0.378 e. The van der Waals surface area contributed by atoms with Crippen molar-refractivity contribution in [1.29, 1.82) is 0 Å². The van der Waals surface area contributed by atoms with Gasteiger partial charge in [0, 0.05) is 30.9 Å². The molecule has 0 spiro atoms. The molecule has 1 aliphatic heterocycles. The number of amides is 1. The molecule has 1 saturated heterocycles. The molecule has 0 unspecified atom stereocenters. The van der Waals surface area contributed by atoms with Gasteiger partial charge in [0.05, 0.1) is 25.1 Å². The van der Waals surface area contributed by atoms with Gasteiger partial charge >= 0.3 is 0 Å². The predicted molar refractivity (Wildman–Crippen MR) is 96.6 cm³/mol. The number of benzene rings is 1. The van der Waals surface area contributed by atoms with Crippen LogP contribution in [0.5, 0.6) is 0 Å². The number of morpholine rings is 1. The Morgan fingerprint density at radius 3 is 2.46 bits per heavy atom. The van der Waals surface area contributed by atoms with Gasteiger partial charge in [-0.1, -0.05) is 0 Å². The highest BCUT2D eigenvalue weighted by Crippen LogP contribution is 2.20. The molecule has 2 aromatic rings. The molecule has 0 saturated carbocycles. The molecule has 0 aliphatic carbocycles. The first-order chi connectivity index (χ1) is 12.4. The molecule has 1 N–H and O–H groups in total. The number of nitrogens with one attached hydrogen (secondary N) is 1. The molecule has 8 nitrogen and oxygen atoms in total. The van der Waals surface area contributed by atoms with E-state index < -0.39 is 10.0 Å². The fourth-order valence-corrected chi connectivity index (χ4v) is 4.09. The van der Waals surface area contributed by atoms with E-state index in [9.17, 15) is 13.2 Å². The van der Waals surface area contributed by atoms with Gasteiger partial charge in [-0.25, -0.2) is 8.42 Å². The summed E-state index contributed by atoms with van der Waals surface area (Å²) in [6.45, 7) is 6.41. The smallest absolute Gasteiger partial charge is 0.265 e. The average Bonchev–Trinajstić information content (AvgIpc) is 3.03. The number of carbonyl (C=O) groups excluding carboxylic acids is 1. The van der Waals surface area contributed by atoms with Crippen LogP contribution in [0.3, 0.4) is 0 Å². The third-order valence-electron chi connectivity index (χ3n) is 4.33. The van der Waals surface area contributed by atoms with Crippen molar-refractivity contribution in [1.82, 2.24) is 14.7 Å². The number of aromatic nitrogens is 2. The highest BCUT2D eigenvalue weighted by atomic mass is 32.2. The molecule has 1 aliphatic rings. The molecule has 1 fully saturated rings. The van der Waals surface area contributed by atoms with Crippen LogP contribution in [0, 0.1) is 6.92 Å². The van der Waals surface area contributed by atoms with Gasteiger partial charge in [0.25, 0.3) is 15.9 Å². The Morgan fingerprint density at radius 1 is 1.23 bits per heavy atom. The van der Waals surface area contributed by atoms with Crippen LogP contribution in [0.4, 0.5) is 5.69 Å². The topological polar surface area (TPSA) is 93.5 Å². The third kappa shape index (κ3) is 3.73. The van der Waals surface area contributed by atoms with E-state index in [-0.39, 0.29) is 10.8 Å². The van der Waals surface area contributed by atoms with Crippen LogP contribution in [-0.4, -0.2) is 55.3 Å². The quantitative estimate of drug-likeness (QED) is 0.851. The van der Waals surface area contributed by atoms with Crippen LogP contribution in [0.15, 0.2) is 35.4 Å². The second-order valence-corrected chi connectivity index (χ2v) is 7.65. The Kier molecular flexibility index (Phi) is 5.28. The highest BCUT2D eigenvalue weighted by Gasteiger charge is 2.22. The number of sulfonamides is 1. The minimum Gasteiger partial charge on any atom is -0.378 e. The molecule has 9 heteroatoms. The Morgan fingerprint density at radius 2 is 1.88 bits per heavy atom. The SMILES string of the molecule is CCn1ncc(S(=O)(=O)Nc2ccc(C(=O)N3CCOCC3)cc2)c1C. The predicted octanol–water partition coefficient (Wildman–Crippen LogP) is 1.48. The van der Waals surface area contributed by atoms with Gasteiger partial charge in [0.1, 0.15) is 4.90 Å². The minimum absolute atomic E-state index is 0.0808. The Balaban J connectivity index is 1.74. The molecular weight excluding hydrogens is 356 g/mol. The lowest BCUT2D eigenvalue weighted by Crippen LogP contribution is -2.40. The number of carbonyl (C=O) groups is 1. The number of hydrogen-bond acceptors (Lipinski definition) is 5. The molecule has 0 bridgehead atoms. The summed E-state index contributed by atoms with van der Waals surface area (Å²) in [4.78, 5) is 14.3. The summed E-state index contributed by atoms with van der Waals surface area (Å²) in [5.41, 5.74) is 1.50. The van der Waals surface area contributed by atoms with Gasteiger partial charge in [-0.15, -0.1) is 0 Å². The van der Waals surface area contributed by atoms with E-state index in [1.165, 1.54) is 6.20 Å². The van der Waals surface area contributed by atoms with Gasteiger partial charge in [-0.05, 0) is 38.1 Å². The zero-order valence-corrected chi connectivity index (χ0v) is 15.6. The van der Waals surface area contributed by atoms with Crippen LogP contribution >= 0.6 is 0 Å². The Bertz CT molecular complexity index is 884. The van der Waals surface area contributed by atoms with Crippen LogP contribution in [0.2, 0.25) is 0 Å². The van der Waals surface area contributed by atoms with E-state index in [1.54, 1.807) is 40.8 Å². The number of nitrogens with zero attached hydrogens (tertiary/aromatic N) is 3. The van der Waals surface area contributed by atoms with Crippen LogP contribution in [0.1, 0.15) is 23.0 Å². The van der Waals surface area contributed by atoms with Gasteiger partial charge in [-0.2, -0.15) is 5.10 Å². The van der Waals surface area contributed by atoms with Gasteiger partial charge in [0.15, 0.2) is 0 Å². The minimum atomic E-state index is -3.73. The lowest BCUT2D eigenvalue weighted by Gasteiger charge is -2.26. The normalized spacial score (nSPS) is 15.1. The molecule has 3 rings (SSSR count). The van der Waals surface area contributed by atoms with Gasteiger partial charge in [0.2, 0.25) is 0 Å². The van der Waals surface area contributed by atoms with Crippen molar-refractivity contribution in [3.63, 3.8) is 0 Å². The summed E-state index contributed by atoms with van der Waals surface area (Å²) in [6, 6.07) is 6.42. The summed E-state index contributed by atoms with van der Waals surface area (Å²) in [7, 11) is -3.73. The maximum Gasteiger partial charge on any atom is 0.265 e. The van der Waals surface area contributed by atoms with Crippen molar-refractivity contribution in [2.45, 2.75) is 25.3 Å². The van der Waals surface area contributed by atoms with Crippen LogP contribution in [-0.2, 0) is 21.3 Å². The van der Waals surface area contributed by atoms with Crippen molar-refractivity contribution in [2.75, 3.05) is 31.0 Å². The number of rotatable bonds is 5. The molecule has 1 aromatic heterocycles. The van der Waals surface area contributed by atoms with E-state index in [2.05, 4.69) is 9.82 Å². The van der Waals surface area contributed by atoms with Crippen molar-refractivity contribution in [3.05, 3.63) is 41.7 Å². The lowest BCUT2D eigenvalue weighted by atomic mass is 10.2. The third-order valence-corrected chi connectivity index (χ3v) is 5.81. The zero-order chi connectivity index (χ0) is 18.7. The summed E-state index contributed by atoms with van der Waals surface area (Å²) in [5.74, 6) is -0.0808. The maximum atomic E-state index is 12.6. The number of anilines is 1. The Hall–Kier alpha value is -2.39. The van der Waals surface area contributed by atoms with Crippen LogP contribution < -0.4 is 4.72 Å². The van der Waals surface area contributed by atoms with Gasteiger partial charge < -0.3 is 9.64 Å². The van der Waals surface area contributed by atoms with Crippen molar-refractivity contribution in [3.8, 4) is 0 Å². The molecule has 1 amide bonds. The summed E-state index contributed by atoms with van der Waals surface area (Å²) in [6.07, 6.45) is 1.34. The second-order valence-electron chi connectivity index (χ2n) is 6.00. The molecule has 140 valence electrons. The lowest BCUT2D eigenvalue weighted by molar-refractivity contribution is 0.0303. The van der Waals surface area contributed by atoms with E-state index in [0.717, 1.165) is 0 Å². The molecule has 1 aromatic carbocycles. The maximum absolute atomic E-state index is 12.6. The van der Waals surface area contributed by atoms with Crippen molar-refractivity contribution >= 4 is 21.6 Å². The Labute approximate surface area is 152 Å². The van der Waals surface area contributed by atoms with Crippen molar-refractivity contribution in [2.24, 2.45) is 0 Å². The first-order valence-electron chi connectivity index (χ1n) is 8.44. The van der Waals surface area contributed by atoms with E-state index >= 15 is 0 Å². The highest BCUT2D eigenvalue weighted by molar-refractivity contribution is 7.92. The monoisotopic (exact) mass is 378 g/mol. The number of aryl methyl sites for hydroxylation is 1. The second kappa shape index (κ2) is 7.46. The van der Waals surface area contributed by atoms with E-state index in [0.29, 0.717) is 49.8 Å². The summed E-state index contributed by atoms with van der Waals surface area (Å²) < 4.78 is 34.5. The molecule has 2 heterocycles. The molecule has 0 atom stereocenters. The number of hydrogen-bond donors (Lipinski definition) is 1. The molecule has 0 radical (unpaired) electrons. The average molecular weight is 378 g/mol. The summed E-state index contributed by atoms with van der Waals surface area (Å²) in [5, 5.41) is 4.07.